The highest BCUT2D eigenvalue weighted by molar-refractivity contribution is 7.19. The lowest BCUT2D eigenvalue weighted by Crippen LogP contribution is -2.36. The van der Waals surface area contributed by atoms with Crippen LogP contribution in [-0.4, -0.2) is 31.9 Å². The number of hydrogen-bond donors (Lipinski definition) is 1. The lowest BCUT2D eigenvalue weighted by atomic mass is 10.0. The number of carbonyl (C=O) groups is 1. The second kappa shape index (κ2) is 4.81. The van der Waals surface area contributed by atoms with Gasteiger partial charge in [0.2, 0.25) is 0 Å². The number of nitrogens with zero attached hydrogens (tertiary/aromatic N) is 4. The molecule has 0 spiro atoms. The fourth-order valence-corrected chi connectivity index (χ4v) is 4.18. The number of thiophene rings is 1. The van der Waals surface area contributed by atoms with Crippen LogP contribution < -0.4 is 5.73 Å². The molecule has 0 bridgehead atoms. The Morgan fingerprint density at radius 2 is 2.27 bits per heavy atom. The summed E-state index contributed by atoms with van der Waals surface area (Å²) in [7, 11) is 1.89. The van der Waals surface area contributed by atoms with E-state index in [0.29, 0.717) is 24.6 Å². The summed E-state index contributed by atoms with van der Waals surface area (Å²) < 4.78 is 1.85. The molecule has 0 saturated heterocycles. The minimum Gasteiger partial charge on any atom is -0.383 e. The van der Waals surface area contributed by atoms with Crippen molar-refractivity contribution in [2.24, 2.45) is 7.05 Å². The quantitative estimate of drug-likeness (QED) is 0.743. The highest BCUT2D eigenvalue weighted by atomic mass is 32.1. The van der Waals surface area contributed by atoms with Crippen LogP contribution in [0.5, 0.6) is 0 Å². The molecule has 22 heavy (non-hydrogen) atoms. The Morgan fingerprint density at radius 3 is 3.05 bits per heavy atom. The second-order valence-electron chi connectivity index (χ2n) is 5.42. The van der Waals surface area contributed by atoms with Gasteiger partial charge in [0, 0.05) is 24.7 Å². The van der Waals surface area contributed by atoms with Crippen LogP contribution in [0.15, 0.2) is 24.7 Å². The number of aryl methyl sites for hydroxylation is 1. The van der Waals surface area contributed by atoms with Crippen LogP contribution in [0.3, 0.4) is 0 Å². The van der Waals surface area contributed by atoms with Gasteiger partial charge in [-0.25, -0.2) is 9.97 Å². The zero-order valence-electron chi connectivity index (χ0n) is 12.1. The molecule has 2 N–H and O–H groups in total. The van der Waals surface area contributed by atoms with Gasteiger partial charge in [-0.3, -0.25) is 4.79 Å². The van der Waals surface area contributed by atoms with Crippen molar-refractivity contribution in [3.05, 3.63) is 40.8 Å². The largest absolute Gasteiger partial charge is 0.383 e. The number of rotatable bonds is 1. The van der Waals surface area contributed by atoms with E-state index in [0.717, 1.165) is 21.5 Å². The number of anilines is 1. The Bertz CT molecular complexity index is 881. The van der Waals surface area contributed by atoms with Crippen molar-refractivity contribution in [2.45, 2.75) is 13.0 Å². The van der Waals surface area contributed by atoms with Gasteiger partial charge in [-0.2, -0.15) is 0 Å². The van der Waals surface area contributed by atoms with Gasteiger partial charge in [0.05, 0.1) is 11.9 Å². The van der Waals surface area contributed by atoms with Crippen molar-refractivity contribution in [3.8, 4) is 0 Å². The van der Waals surface area contributed by atoms with E-state index < -0.39 is 0 Å². The van der Waals surface area contributed by atoms with Crippen LogP contribution in [0.25, 0.3) is 10.2 Å². The standard InChI is InChI=1S/C15H15N5OS/c1-19-5-2-3-10(19)15(21)20-6-4-9-11(7-20)22-14-12(9)13(16)17-8-18-14/h2-3,5,8H,4,6-7H2,1H3,(H2,16,17,18). The average molecular weight is 313 g/mol. The Morgan fingerprint density at radius 1 is 1.41 bits per heavy atom. The lowest BCUT2D eigenvalue weighted by Gasteiger charge is -2.27. The fraction of sp³-hybridized carbons (Fsp3) is 0.267. The van der Waals surface area contributed by atoms with E-state index in [4.69, 9.17) is 5.73 Å². The molecule has 0 aliphatic carbocycles. The van der Waals surface area contributed by atoms with Crippen molar-refractivity contribution in [2.75, 3.05) is 12.3 Å². The first-order valence-corrected chi connectivity index (χ1v) is 7.88. The normalized spacial score (nSPS) is 14.3. The molecular weight excluding hydrogens is 298 g/mol. The third-order valence-electron chi connectivity index (χ3n) is 4.12. The van der Waals surface area contributed by atoms with E-state index >= 15 is 0 Å². The van der Waals surface area contributed by atoms with Crippen molar-refractivity contribution < 1.29 is 4.79 Å². The maximum atomic E-state index is 12.6. The first-order chi connectivity index (χ1) is 10.6. The van der Waals surface area contributed by atoms with Gasteiger partial charge < -0.3 is 15.2 Å². The predicted octanol–water partition coefficient (Wildman–Crippen LogP) is 1.81. The molecule has 0 saturated carbocycles. The topological polar surface area (TPSA) is 77.0 Å². The summed E-state index contributed by atoms with van der Waals surface area (Å²) >= 11 is 1.60. The number of fused-ring (bicyclic) bond motifs is 3. The van der Waals surface area contributed by atoms with Gasteiger partial charge in [0.25, 0.3) is 5.91 Å². The molecule has 1 aliphatic rings. The Kier molecular flexibility index (Phi) is 2.90. The number of nitrogens with two attached hydrogens (primary N) is 1. The first kappa shape index (κ1) is 13.3. The first-order valence-electron chi connectivity index (χ1n) is 7.06. The molecule has 7 heteroatoms. The lowest BCUT2D eigenvalue weighted by molar-refractivity contribution is 0.0728. The summed E-state index contributed by atoms with van der Waals surface area (Å²) in [5, 5.41) is 0.966. The van der Waals surface area contributed by atoms with Crippen LogP contribution >= 0.6 is 11.3 Å². The molecule has 0 fully saturated rings. The third-order valence-corrected chi connectivity index (χ3v) is 5.24. The van der Waals surface area contributed by atoms with Crippen LogP contribution in [-0.2, 0) is 20.0 Å². The van der Waals surface area contributed by atoms with Crippen molar-refractivity contribution in [3.63, 3.8) is 0 Å². The molecule has 1 aliphatic heterocycles. The number of hydrogen-bond acceptors (Lipinski definition) is 5. The number of nitrogen functional groups attached to an aromatic ring is 1. The molecule has 6 nitrogen and oxygen atoms in total. The summed E-state index contributed by atoms with van der Waals surface area (Å²) in [5.74, 6) is 0.597. The summed E-state index contributed by atoms with van der Waals surface area (Å²) in [6, 6.07) is 3.74. The third kappa shape index (κ3) is 1.89. The molecule has 1 amide bonds. The number of amides is 1. The van der Waals surface area contributed by atoms with E-state index in [1.54, 1.807) is 11.3 Å². The highest BCUT2D eigenvalue weighted by Crippen LogP contribution is 2.36. The smallest absolute Gasteiger partial charge is 0.270 e. The van der Waals surface area contributed by atoms with Gasteiger partial charge in [0.1, 0.15) is 22.7 Å². The van der Waals surface area contributed by atoms with Crippen molar-refractivity contribution in [1.82, 2.24) is 19.4 Å². The molecule has 4 heterocycles. The summed E-state index contributed by atoms with van der Waals surface area (Å²) in [6.45, 7) is 1.30. The molecule has 112 valence electrons. The number of aromatic nitrogens is 3. The van der Waals surface area contributed by atoms with Crippen molar-refractivity contribution in [1.29, 1.82) is 0 Å². The van der Waals surface area contributed by atoms with Gasteiger partial charge in [-0.05, 0) is 24.1 Å². The Hall–Kier alpha value is -2.41. The molecule has 0 unspecified atom stereocenters. The van der Waals surface area contributed by atoms with Crippen LogP contribution in [0.4, 0.5) is 5.82 Å². The minimum atomic E-state index is 0.0645. The number of carbonyl (C=O) groups excluding carboxylic acids is 1. The minimum absolute atomic E-state index is 0.0645. The Labute approximate surface area is 131 Å². The van der Waals surface area contributed by atoms with E-state index in [1.807, 2.05) is 34.8 Å². The molecule has 0 aromatic carbocycles. The fourth-order valence-electron chi connectivity index (χ4n) is 2.97. The van der Waals surface area contributed by atoms with Crippen LogP contribution in [0.2, 0.25) is 0 Å². The SMILES string of the molecule is Cn1cccc1C(=O)N1CCc2c(sc3ncnc(N)c23)C1. The van der Waals surface area contributed by atoms with Gasteiger partial charge >= 0.3 is 0 Å². The maximum absolute atomic E-state index is 12.6. The predicted molar refractivity (Wildman–Crippen MR) is 85.7 cm³/mol. The summed E-state index contributed by atoms with van der Waals surface area (Å²) in [4.78, 5) is 25.0. The molecule has 0 atom stereocenters. The van der Waals surface area contributed by atoms with Crippen LogP contribution in [0, 0.1) is 0 Å². The molecule has 4 rings (SSSR count). The van der Waals surface area contributed by atoms with E-state index in [1.165, 1.54) is 11.9 Å². The maximum Gasteiger partial charge on any atom is 0.270 e. The molecule has 3 aromatic rings. The average Bonchev–Trinajstić information content (AvgIpc) is 3.09. The molecule has 0 radical (unpaired) electrons. The molecular formula is C15H15N5OS. The second-order valence-corrected chi connectivity index (χ2v) is 6.51. The zero-order chi connectivity index (χ0) is 15.3. The Balaban J connectivity index is 1.70. The van der Waals surface area contributed by atoms with Crippen LogP contribution in [0.1, 0.15) is 20.9 Å². The summed E-state index contributed by atoms with van der Waals surface area (Å²) in [6.07, 6.45) is 4.17. The van der Waals surface area contributed by atoms with E-state index in [2.05, 4.69) is 9.97 Å². The summed E-state index contributed by atoms with van der Waals surface area (Å²) in [5.41, 5.74) is 7.90. The van der Waals surface area contributed by atoms with Gasteiger partial charge in [0.15, 0.2) is 0 Å². The zero-order valence-corrected chi connectivity index (χ0v) is 12.9. The van der Waals surface area contributed by atoms with E-state index in [-0.39, 0.29) is 5.91 Å². The van der Waals surface area contributed by atoms with E-state index in [9.17, 15) is 4.79 Å². The highest BCUT2D eigenvalue weighted by Gasteiger charge is 2.27. The van der Waals surface area contributed by atoms with Gasteiger partial charge in [-0.1, -0.05) is 0 Å². The van der Waals surface area contributed by atoms with Crippen molar-refractivity contribution >= 4 is 33.3 Å². The monoisotopic (exact) mass is 313 g/mol. The van der Waals surface area contributed by atoms with Gasteiger partial charge in [-0.15, -0.1) is 11.3 Å². The molecule has 3 aromatic heterocycles.